The number of hydrogen-bond donors (Lipinski definition) is 0. The number of rotatable bonds is 29. The number of methoxy groups -OCH3 is 1. The molecule has 6 aromatic carbocycles. The van der Waals surface area contributed by atoms with Gasteiger partial charge in [-0.15, -0.1) is 0 Å². The molecular weight excluding hydrogens is 1400 g/mol. The fraction of sp³-hybridized carbons (Fsp3) is 0.472. The van der Waals surface area contributed by atoms with E-state index in [0.29, 0.717) is 0 Å². The molecule has 0 saturated carbocycles. The van der Waals surface area contributed by atoms with Crippen molar-refractivity contribution in [1.82, 2.24) is 0 Å². The average Bonchev–Trinajstić information content (AvgIpc) is 0.727. The summed E-state index contributed by atoms with van der Waals surface area (Å²) in [6, 6.07) is 55.6. The van der Waals surface area contributed by atoms with Crippen molar-refractivity contribution in [3.63, 3.8) is 0 Å². The molecule has 8 radical (unpaired) electrons. The van der Waals surface area contributed by atoms with Gasteiger partial charge in [-0.3, -0.25) is 0 Å². The molecule has 32 heteroatoms. The molecule has 8 unspecified atom stereocenters. The van der Waals surface area contributed by atoms with E-state index in [-0.39, 0.29) is 26.4 Å². The van der Waals surface area contributed by atoms with Gasteiger partial charge in [-0.25, -0.2) is 9.59 Å². The summed E-state index contributed by atoms with van der Waals surface area (Å²) in [4.78, 5) is 35.2. The third-order valence-corrected chi connectivity index (χ3v) is 30.8. The highest BCUT2D eigenvalue weighted by Gasteiger charge is 2.64. The molecule has 14 rings (SSSR count). The van der Waals surface area contributed by atoms with Crippen LogP contribution in [0.25, 0.3) is 20.9 Å². The number of esters is 2. The normalized spacial score (nSPS) is 30.6. The van der Waals surface area contributed by atoms with Crippen LogP contribution in [0.1, 0.15) is 59.6 Å². The van der Waals surface area contributed by atoms with Crippen LogP contribution in [0.5, 0.6) is 0 Å². The molecule has 0 amide bonds. The molecule has 8 saturated heterocycles. The van der Waals surface area contributed by atoms with E-state index in [1.165, 1.54) is 7.11 Å². The average molecular weight is 1480 g/mol. The highest BCUT2D eigenvalue weighted by molar-refractivity contribution is 7.98. The maximum atomic E-state index is 14.8. The summed E-state index contributed by atoms with van der Waals surface area (Å²) in [5.74, 6) is -1.59. The van der Waals surface area contributed by atoms with Crippen LogP contribution in [0, 0.1) is 0 Å². The summed E-state index contributed by atoms with van der Waals surface area (Å²) in [7, 11) is 15.8. The van der Waals surface area contributed by atoms with E-state index in [1.807, 2.05) is 158 Å². The third kappa shape index (κ3) is 16.3. The number of carbonyl (C=O) groups is 2. The highest BCUT2D eigenvalue weighted by Crippen LogP contribution is 2.47. The monoisotopic (exact) mass is 1480 g/mol. The molecule has 8 fully saturated rings. The first-order valence-electron chi connectivity index (χ1n) is 34.4. The quantitative estimate of drug-likeness (QED) is 0.0106. The zero-order valence-electron chi connectivity index (χ0n) is 58.9. The standard InChI is InChI=1S/C72H82B4N6O18P2Si2/c1-43-54-59(86-39-44-27-15-9-16-28-44)61(63(90-43)66(83)93-54)96-69-53(80-82-78)58(100-102(75)76)56(51(92-69)42-89-104(72(5,6)7,48-35-23-13-24-36-48)49-37-25-14-26-38-49)95-70-65-60(87-40-45-29-17-10-18-30-45)62(64(98-70)67(84)94-65)97-68-52(79-81-77)57(99-101(73)74)55(85-8)50(91-68)41-88-103(71(2,3)4,46-31-19-11-20-32-46)47-33-21-12-22-34-47/h9-38,43,50-65,68-70H,39-42H2,1-8H3/t43-,50?,51?,52?,53?,54?,55+,56+,57+,58+,59-,60+,61-,62-,63?,64?,65?,68+,69+,70-/m0/s1. The van der Waals surface area contributed by atoms with Gasteiger partial charge in [-0.05, 0) is 59.9 Å². The zero-order chi connectivity index (χ0) is 73.5. The van der Waals surface area contributed by atoms with Gasteiger partial charge in [0.2, 0.25) is 0 Å². The molecule has 4 bridgehead atoms. The Morgan fingerprint density at radius 3 is 1.17 bits per heavy atom. The Bertz CT molecular complexity index is 3840. The molecule has 0 aliphatic carbocycles. The van der Waals surface area contributed by atoms with Crippen LogP contribution >= 0.6 is 15.8 Å². The predicted molar refractivity (Wildman–Crippen MR) is 395 cm³/mol. The second-order valence-electron chi connectivity index (χ2n) is 28.3. The largest absolute Gasteiger partial charge is 0.455 e. The number of hydrogen-bond acceptors (Lipinski definition) is 20. The highest BCUT2D eigenvalue weighted by atomic mass is 31.1. The SMILES string of the molecule is [B]P([B])O[C@@H]1C(N=[N+]=[N-])[C@@H](O[C@@H]2C3O[C@H](O[C@@H]4C(CO[Si](c5ccccc5)(c5ccccc5)C(C)(C)C)O[C@H](O[C@@H]5C6O[C@@H](C)C(OC6=O)[C@@H]5OCc5ccccc5)C(N=[N+]=[N-])[C@H]4OP([B])[B])C(OC3=O)[C@@H]2OCc2ccccc2)OC(CO[Si](c2ccccc2)(c2ccccc2)C(C)(C)C)[C@H]1OC. The van der Waals surface area contributed by atoms with Crippen LogP contribution in [-0.4, -0.2) is 202 Å². The molecule has 0 N–H and O–H groups in total. The lowest BCUT2D eigenvalue weighted by molar-refractivity contribution is -0.386. The number of fused-ring (bicyclic) bond motifs is 6. The lowest BCUT2D eigenvalue weighted by Crippen LogP contribution is -2.72. The maximum Gasteiger partial charge on any atom is 0.338 e. The van der Waals surface area contributed by atoms with Crippen LogP contribution in [0.4, 0.5) is 0 Å². The van der Waals surface area contributed by atoms with Gasteiger partial charge in [0.15, 0.2) is 43.3 Å². The van der Waals surface area contributed by atoms with Gasteiger partial charge in [0.25, 0.3) is 16.6 Å². The van der Waals surface area contributed by atoms with E-state index in [1.54, 1.807) is 6.92 Å². The molecule has 6 aromatic rings. The van der Waals surface area contributed by atoms with Gasteiger partial charge in [0.05, 0.1) is 32.5 Å². The van der Waals surface area contributed by atoms with Crippen molar-refractivity contribution in [3.05, 3.63) is 214 Å². The second kappa shape index (κ2) is 34.0. The molecular formula is C72H82B4N6O18P2Si2. The summed E-state index contributed by atoms with van der Waals surface area (Å²) < 4.78 is 109. The molecule has 20 atom stereocenters. The van der Waals surface area contributed by atoms with Gasteiger partial charge in [-0.2, -0.15) is 0 Å². The molecule has 8 aliphatic heterocycles. The summed E-state index contributed by atoms with van der Waals surface area (Å²) in [5, 5.41) is 11.2. The molecule has 0 spiro atoms. The van der Waals surface area contributed by atoms with E-state index in [0.717, 1.165) is 31.9 Å². The first-order valence-corrected chi connectivity index (χ1v) is 41.0. The van der Waals surface area contributed by atoms with Crippen LogP contribution in [-0.2, 0) is 97.5 Å². The van der Waals surface area contributed by atoms with E-state index in [2.05, 4.69) is 85.9 Å². The van der Waals surface area contributed by atoms with Crippen molar-refractivity contribution in [3.8, 4) is 0 Å². The first kappa shape index (κ1) is 77.5. The Labute approximate surface area is 615 Å². The van der Waals surface area contributed by atoms with Gasteiger partial charge >= 0.3 is 11.9 Å². The zero-order valence-corrected chi connectivity index (χ0v) is 62.7. The maximum absolute atomic E-state index is 14.8. The summed E-state index contributed by atoms with van der Waals surface area (Å²) in [6.45, 7) is 14.1. The summed E-state index contributed by atoms with van der Waals surface area (Å²) in [5.41, 5.74) is 22.6. The van der Waals surface area contributed by atoms with Gasteiger partial charge in [0.1, 0.15) is 103 Å². The Morgan fingerprint density at radius 1 is 0.452 bits per heavy atom. The predicted octanol–water partition coefficient (Wildman–Crippen LogP) is 8.55. The number of nitrogens with zero attached hydrogens (tertiary/aromatic N) is 6. The van der Waals surface area contributed by atoms with Crippen molar-refractivity contribution in [2.75, 3.05) is 20.3 Å². The lowest BCUT2D eigenvalue weighted by atomic mass is 9.91. The lowest BCUT2D eigenvalue weighted by Gasteiger charge is -2.54. The minimum absolute atomic E-state index is 0.0772. The van der Waals surface area contributed by atoms with Crippen LogP contribution in [0.15, 0.2) is 192 Å². The molecule has 8 aliphatic rings. The number of azide groups is 2. The Balaban J connectivity index is 0.930. The first-order chi connectivity index (χ1) is 50.1. The topological polar surface area (TPSA) is 279 Å². The number of ether oxygens (including phenoxy) is 12. The summed E-state index contributed by atoms with van der Waals surface area (Å²) in [6.07, 6.45) is -23.5. The van der Waals surface area contributed by atoms with E-state index in [4.69, 9.17) is 105 Å². The van der Waals surface area contributed by atoms with E-state index < -0.39 is 177 Å². The van der Waals surface area contributed by atoms with Gasteiger partial charge in [0, 0.05) is 16.9 Å². The minimum atomic E-state index is -3.51. The molecule has 8 heterocycles. The Hall–Kier alpha value is -6.13. The van der Waals surface area contributed by atoms with Crippen molar-refractivity contribution in [2.24, 2.45) is 10.2 Å². The Morgan fingerprint density at radius 2 is 0.798 bits per heavy atom. The number of benzene rings is 6. The van der Waals surface area contributed by atoms with Crippen molar-refractivity contribution in [2.45, 2.75) is 194 Å². The van der Waals surface area contributed by atoms with Crippen LogP contribution in [0.3, 0.4) is 0 Å². The van der Waals surface area contributed by atoms with Crippen molar-refractivity contribution >= 4 is 95.4 Å². The van der Waals surface area contributed by atoms with E-state index in [9.17, 15) is 20.7 Å². The summed E-state index contributed by atoms with van der Waals surface area (Å²) >= 11 is 0. The van der Waals surface area contributed by atoms with Crippen molar-refractivity contribution in [1.29, 1.82) is 0 Å². The van der Waals surface area contributed by atoms with Gasteiger partial charge < -0.3 is 74.7 Å². The smallest absolute Gasteiger partial charge is 0.338 e. The van der Waals surface area contributed by atoms with Crippen molar-refractivity contribution < 1.29 is 84.3 Å². The molecule has 24 nitrogen and oxygen atoms in total. The number of carbonyl (C=O) groups excluding carboxylic acids is 2. The van der Waals surface area contributed by atoms with Gasteiger partial charge in [-0.1, -0.05) is 250 Å². The van der Waals surface area contributed by atoms with Crippen LogP contribution in [0.2, 0.25) is 10.1 Å². The minimum Gasteiger partial charge on any atom is -0.455 e. The molecule has 538 valence electrons. The van der Waals surface area contributed by atoms with E-state index >= 15 is 0 Å². The second-order valence-corrected chi connectivity index (χ2v) is 38.8. The van der Waals surface area contributed by atoms with Crippen LogP contribution < -0.4 is 20.7 Å². The fourth-order valence-electron chi connectivity index (χ4n) is 15.2. The molecule has 0 aromatic heterocycles. The Kier molecular flexibility index (Phi) is 25.3. The fourth-order valence-corrected chi connectivity index (χ4v) is 25.4. The third-order valence-electron chi connectivity index (χ3n) is 19.8. The molecule has 104 heavy (non-hydrogen) atoms.